The summed E-state index contributed by atoms with van der Waals surface area (Å²) in [7, 11) is 0. The zero-order valence-electron chi connectivity index (χ0n) is 10.6. The Labute approximate surface area is 109 Å². The number of carboxylic acids is 1. The molecule has 0 fully saturated rings. The Morgan fingerprint density at radius 3 is 2.61 bits per heavy atom. The number of hydrogen-bond donors (Lipinski definition) is 3. The summed E-state index contributed by atoms with van der Waals surface area (Å²) in [5.74, 6) is -1.20. The number of carboxylic acid groups (broad SMARTS) is 1. The molecule has 18 heavy (non-hydrogen) atoms. The van der Waals surface area contributed by atoms with Crippen LogP contribution in [0.15, 0.2) is 5.51 Å². The molecule has 0 radical (unpaired) electrons. The Bertz CT molecular complexity index is 431. The van der Waals surface area contributed by atoms with E-state index in [-0.39, 0.29) is 5.92 Å². The zero-order valence-corrected chi connectivity index (χ0v) is 11.4. The van der Waals surface area contributed by atoms with Crippen molar-refractivity contribution in [3.8, 4) is 0 Å². The van der Waals surface area contributed by atoms with E-state index in [0.717, 1.165) is 10.6 Å². The van der Waals surface area contributed by atoms with Crippen LogP contribution in [-0.4, -0.2) is 28.1 Å². The molecular weight excluding hydrogens is 254 g/mol. The molecule has 0 aliphatic heterocycles. The Hall–Kier alpha value is -1.63. The molecule has 0 aliphatic carbocycles. The lowest BCUT2D eigenvalue weighted by Gasteiger charge is -2.18. The maximum Gasteiger partial charge on any atom is 0.326 e. The third-order valence-corrected chi connectivity index (χ3v) is 3.41. The Morgan fingerprint density at radius 2 is 2.17 bits per heavy atom. The van der Waals surface area contributed by atoms with Gasteiger partial charge in [0.2, 0.25) is 0 Å². The van der Waals surface area contributed by atoms with Crippen LogP contribution in [0.1, 0.15) is 24.4 Å². The second-order valence-electron chi connectivity index (χ2n) is 4.25. The molecule has 2 amide bonds. The first-order valence-corrected chi connectivity index (χ1v) is 6.46. The third kappa shape index (κ3) is 3.99. The average molecular weight is 271 g/mol. The van der Waals surface area contributed by atoms with Gasteiger partial charge in [-0.2, -0.15) is 0 Å². The van der Waals surface area contributed by atoms with E-state index in [1.807, 2.05) is 6.92 Å². The molecule has 100 valence electrons. The SMILES string of the molecule is Cc1ncsc1CNC(=O)N[C@H](C(=O)O)C(C)C. The van der Waals surface area contributed by atoms with Gasteiger partial charge in [-0.05, 0) is 12.8 Å². The maximum absolute atomic E-state index is 11.6. The first-order chi connectivity index (χ1) is 8.41. The Morgan fingerprint density at radius 1 is 1.50 bits per heavy atom. The quantitative estimate of drug-likeness (QED) is 0.754. The summed E-state index contributed by atoms with van der Waals surface area (Å²) < 4.78 is 0. The van der Waals surface area contributed by atoms with Crippen molar-refractivity contribution in [1.82, 2.24) is 15.6 Å². The Balaban J connectivity index is 2.46. The third-order valence-electron chi connectivity index (χ3n) is 2.47. The fourth-order valence-electron chi connectivity index (χ4n) is 1.36. The van der Waals surface area contributed by atoms with E-state index in [1.54, 1.807) is 19.4 Å². The van der Waals surface area contributed by atoms with Gasteiger partial charge in [0.15, 0.2) is 0 Å². The minimum Gasteiger partial charge on any atom is -0.480 e. The van der Waals surface area contributed by atoms with Gasteiger partial charge in [0.05, 0.1) is 17.7 Å². The number of amides is 2. The summed E-state index contributed by atoms with van der Waals surface area (Å²) in [6.45, 7) is 5.70. The molecule has 7 heteroatoms. The molecule has 0 aliphatic rings. The number of aryl methyl sites for hydroxylation is 1. The second kappa shape index (κ2) is 6.34. The first kappa shape index (κ1) is 14.4. The topological polar surface area (TPSA) is 91.3 Å². The number of aromatic nitrogens is 1. The molecule has 1 atom stereocenters. The zero-order chi connectivity index (χ0) is 13.7. The summed E-state index contributed by atoms with van der Waals surface area (Å²) in [6, 6.07) is -1.36. The first-order valence-electron chi connectivity index (χ1n) is 5.58. The van der Waals surface area contributed by atoms with E-state index >= 15 is 0 Å². The molecule has 6 nitrogen and oxygen atoms in total. The number of rotatable bonds is 5. The van der Waals surface area contributed by atoms with Crippen LogP contribution >= 0.6 is 11.3 Å². The number of carbonyl (C=O) groups is 2. The van der Waals surface area contributed by atoms with Gasteiger partial charge in [-0.3, -0.25) is 0 Å². The van der Waals surface area contributed by atoms with Gasteiger partial charge in [0.1, 0.15) is 6.04 Å². The summed E-state index contributed by atoms with van der Waals surface area (Å²) in [5, 5.41) is 14.0. The lowest BCUT2D eigenvalue weighted by Crippen LogP contribution is -2.48. The lowest BCUT2D eigenvalue weighted by atomic mass is 10.1. The monoisotopic (exact) mass is 271 g/mol. The molecule has 0 unspecified atom stereocenters. The molecule has 1 aromatic heterocycles. The van der Waals surface area contributed by atoms with Crippen molar-refractivity contribution in [2.75, 3.05) is 0 Å². The molecule has 1 rings (SSSR count). The smallest absolute Gasteiger partial charge is 0.326 e. The predicted octanol–water partition coefficient (Wildman–Crippen LogP) is 1.36. The van der Waals surface area contributed by atoms with Crippen molar-refractivity contribution >= 4 is 23.3 Å². The number of nitrogens with zero attached hydrogens (tertiary/aromatic N) is 1. The fraction of sp³-hybridized carbons (Fsp3) is 0.545. The molecule has 0 bridgehead atoms. The van der Waals surface area contributed by atoms with Crippen molar-refractivity contribution in [3.63, 3.8) is 0 Å². The predicted molar refractivity (Wildman–Crippen MR) is 68.5 cm³/mol. The lowest BCUT2D eigenvalue weighted by molar-refractivity contribution is -0.140. The van der Waals surface area contributed by atoms with Crippen molar-refractivity contribution in [3.05, 3.63) is 16.1 Å². The van der Waals surface area contributed by atoms with Crippen molar-refractivity contribution in [1.29, 1.82) is 0 Å². The average Bonchev–Trinajstić information content (AvgIpc) is 2.68. The molecule has 0 spiro atoms. The minimum atomic E-state index is -1.03. The van der Waals surface area contributed by atoms with Gasteiger partial charge < -0.3 is 15.7 Å². The van der Waals surface area contributed by atoms with Crippen LogP contribution in [0.3, 0.4) is 0 Å². The van der Waals surface area contributed by atoms with E-state index in [2.05, 4.69) is 15.6 Å². The van der Waals surface area contributed by atoms with Crippen molar-refractivity contribution in [2.45, 2.75) is 33.4 Å². The van der Waals surface area contributed by atoms with Crippen LogP contribution in [-0.2, 0) is 11.3 Å². The summed E-state index contributed by atoms with van der Waals surface area (Å²) >= 11 is 1.45. The van der Waals surface area contributed by atoms with Crippen LogP contribution < -0.4 is 10.6 Å². The molecule has 1 heterocycles. The van der Waals surface area contributed by atoms with E-state index in [4.69, 9.17) is 5.11 Å². The van der Waals surface area contributed by atoms with Gasteiger partial charge in [0.25, 0.3) is 0 Å². The molecular formula is C11H17N3O3S. The molecule has 1 aromatic rings. The second-order valence-corrected chi connectivity index (χ2v) is 5.19. The number of hydrogen-bond acceptors (Lipinski definition) is 4. The van der Waals surface area contributed by atoms with E-state index < -0.39 is 18.0 Å². The highest BCUT2D eigenvalue weighted by molar-refractivity contribution is 7.09. The van der Waals surface area contributed by atoms with Crippen LogP contribution in [0.25, 0.3) is 0 Å². The number of urea groups is 1. The standard InChI is InChI=1S/C11H17N3O3S/c1-6(2)9(10(15)16)14-11(17)12-4-8-7(3)13-5-18-8/h5-6,9H,4H2,1-3H3,(H,15,16)(H2,12,14,17)/t9-/m0/s1. The van der Waals surface area contributed by atoms with Gasteiger partial charge in [-0.15, -0.1) is 11.3 Å². The summed E-state index contributed by atoms with van der Waals surface area (Å²) in [6.07, 6.45) is 0. The van der Waals surface area contributed by atoms with Crippen LogP contribution in [0.2, 0.25) is 0 Å². The molecule has 3 N–H and O–H groups in total. The number of aliphatic carboxylic acids is 1. The van der Waals surface area contributed by atoms with Crippen LogP contribution in [0.5, 0.6) is 0 Å². The summed E-state index contributed by atoms with van der Waals surface area (Å²) in [4.78, 5) is 27.5. The number of carbonyl (C=O) groups excluding carboxylic acids is 1. The van der Waals surface area contributed by atoms with Crippen LogP contribution in [0, 0.1) is 12.8 Å². The van der Waals surface area contributed by atoms with E-state index in [1.165, 1.54) is 11.3 Å². The van der Waals surface area contributed by atoms with E-state index in [0.29, 0.717) is 6.54 Å². The van der Waals surface area contributed by atoms with Crippen molar-refractivity contribution < 1.29 is 14.7 Å². The fourth-order valence-corrected chi connectivity index (χ4v) is 2.08. The van der Waals surface area contributed by atoms with Gasteiger partial charge >= 0.3 is 12.0 Å². The van der Waals surface area contributed by atoms with Gasteiger partial charge in [-0.1, -0.05) is 13.8 Å². The van der Waals surface area contributed by atoms with Gasteiger partial charge in [-0.25, -0.2) is 14.6 Å². The molecule has 0 saturated heterocycles. The highest BCUT2D eigenvalue weighted by Gasteiger charge is 2.23. The van der Waals surface area contributed by atoms with Crippen LogP contribution in [0.4, 0.5) is 4.79 Å². The normalized spacial score (nSPS) is 12.2. The van der Waals surface area contributed by atoms with E-state index in [9.17, 15) is 9.59 Å². The van der Waals surface area contributed by atoms with Gasteiger partial charge in [0, 0.05) is 4.88 Å². The molecule has 0 aromatic carbocycles. The number of thiazole rings is 1. The number of nitrogens with one attached hydrogen (secondary N) is 2. The summed E-state index contributed by atoms with van der Waals surface area (Å²) in [5.41, 5.74) is 2.58. The largest absolute Gasteiger partial charge is 0.480 e. The highest BCUT2D eigenvalue weighted by Crippen LogP contribution is 2.11. The van der Waals surface area contributed by atoms with Crippen molar-refractivity contribution in [2.24, 2.45) is 5.92 Å². The minimum absolute atomic E-state index is 0.168. The maximum atomic E-state index is 11.6. The highest BCUT2D eigenvalue weighted by atomic mass is 32.1. The molecule has 0 saturated carbocycles. The Kier molecular flexibility index (Phi) is 5.08.